The molecule has 3 rings (SSSR count). The molecule has 0 aromatic carbocycles. The summed E-state index contributed by atoms with van der Waals surface area (Å²) in [7, 11) is 0. The molecule has 0 spiro atoms. The van der Waals surface area contributed by atoms with Crippen LogP contribution in [0.3, 0.4) is 0 Å². The molecule has 0 saturated carbocycles. The zero-order chi connectivity index (χ0) is 23.1. The van der Waals surface area contributed by atoms with Crippen molar-refractivity contribution in [3.8, 4) is 0 Å². The Morgan fingerprint density at radius 1 is 1.34 bits per heavy atom. The minimum atomic E-state index is -0.568. The maximum atomic E-state index is 13.1. The summed E-state index contributed by atoms with van der Waals surface area (Å²) in [6.07, 6.45) is 3.42. The van der Waals surface area contributed by atoms with Crippen LogP contribution in [-0.4, -0.2) is 88.7 Å². The summed E-state index contributed by atoms with van der Waals surface area (Å²) in [5.74, 6) is -0.442. The molecule has 3 heterocycles. The highest BCUT2D eigenvalue weighted by Gasteiger charge is 2.40. The summed E-state index contributed by atoms with van der Waals surface area (Å²) in [4.78, 5) is 45.5. The lowest BCUT2D eigenvalue weighted by Gasteiger charge is -2.38. The van der Waals surface area contributed by atoms with Gasteiger partial charge in [0.2, 0.25) is 6.61 Å². The first-order chi connectivity index (χ1) is 15.4. The number of hydrogen-bond acceptors (Lipinski definition) is 8. The third kappa shape index (κ3) is 5.77. The van der Waals surface area contributed by atoms with Crippen molar-refractivity contribution >= 4 is 23.7 Å². The number of esters is 1. The Labute approximate surface area is 187 Å². The van der Waals surface area contributed by atoms with Gasteiger partial charge in [-0.05, 0) is 38.2 Å². The van der Waals surface area contributed by atoms with E-state index in [-0.39, 0.29) is 36.4 Å². The molecule has 2 aliphatic heterocycles. The number of oxime groups is 1. The Hall–Kier alpha value is -3.11. The normalized spacial score (nSPS) is 19.9. The van der Waals surface area contributed by atoms with Crippen LogP contribution >= 0.6 is 0 Å². The molecule has 176 valence electrons. The van der Waals surface area contributed by atoms with E-state index in [1.807, 2.05) is 4.90 Å². The van der Waals surface area contributed by atoms with E-state index >= 15 is 0 Å². The van der Waals surface area contributed by atoms with E-state index in [2.05, 4.69) is 29.2 Å². The van der Waals surface area contributed by atoms with Crippen LogP contribution in [0.4, 0.5) is 4.79 Å². The van der Waals surface area contributed by atoms with E-state index in [0.29, 0.717) is 44.1 Å². The van der Waals surface area contributed by atoms with E-state index in [4.69, 9.17) is 14.3 Å². The molecule has 0 radical (unpaired) electrons. The summed E-state index contributed by atoms with van der Waals surface area (Å²) < 4.78 is 10.1. The molecule has 0 bridgehead atoms. The number of rotatable bonds is 9. The third-order valence-corrected chi connectivity index (χ3v) is 5.49. The fourth-order valence-corrected chi connectivity index (χ4v) is 4.08. The number of nitrogens with one attached hydrogen (secondary N) is 1. The predicted octanol–water partition coefficient (Wildman–Crippen LogP) is 1.55. The van der Waals surface area contributed by atoms with Gasteiger partial charge < -0.3 is 19.2 Å². The van der Waals surface area contributed by atoms with Gasteiger partial charge in [-0.15, -0.1) is 0 Å². The Balaban J connectivity index is 1.63. The number of cyclic esters (lactones) is 1. The van der Waals surface area contributed by atoms with E-state index < -0.39 is 12.6 Å². The first-order valence-corrected chi connectivity index (χ1v) is 11.0. The molecule has 1 unspecified atom stereocenters. The number of hydrogen-bond donors (Lipinski definition) is 1. The van der Waals surface area contributed by atoms with Gasteiger partial charge in [0.1, 0.15) is 6.61 Å². The van der Waals surface area contributed by atoms with Crippen molar-refractivity contribution in [3.05, 3.63) is 18.0 Å². The second-order valence-corrected chi connectivity index (χ2v) is 8.28. The number of amides is 2. The smallest absolute Gasteiger partial charge is 0.410 e. The molecule has 11 heteroatoms. The molecular formula is C21H31N5O6. The summed E-state index contributed by atoms with van der Waals surface area (Å²) in [6, 6.07) is 1.71. The van der Waals surface area contributed by atoms with E-state index in [1.165, 1.54) is 6.20 Å². The van der Waals surface area contributed by atoms with E-state index in [9.17, 15) is 14.4 Å². The molecule has 2 amide bonds. The molecule has 1 N–H and O–H groups in total. The highest BCUT2D eigenvalue weighted by molar-refractivity contribution is 6.44. The van der Waals surface area contributed by atoms with Crippen LogP contribution in [-0.2, 0) is 23.9 Å². The van der Waals surface area contributed by atoms with Crippen molar-refractivity contribution in [2.75, 3.05) is 32.9 Å². The number of aromatic amines is 1. The molecule has 32 heavy (non-hydrogen) atoms. The van der Waals surface area contributed by atoms with Crippen molar-refractivity contribution in [1.82, 2.24) is 20.0 Å². The number of H-pyrrole nitrogens is 1. The number of nitrogens with zero attached hydrogens (tertiary/aromatic N) is 4. The maximum absolute atomic E-state index is 13.1. The number of ether oxygens (including phenoxy) is 2. The second-order valence-electron chi connectivity index (χ2n) is 8.28. The highest BCUT2D eigenvalue weighted by Crippen LogP contribution is 2.27. The lowest BCUT2D eigenvalue weighted by molar-refractivity contribution is -0.148. The van der Waals surface area contributed by atoms with E-state index in [1.54, 1.807) is 17.9 Å². The summed E-state index contributed by atoms with van der Waals surface area (Å²) in [5.41, 5.74) is 0.421. The van der Waals surface area contributed by atoms with Gasteiger partial charge in [-0.1, -0.05) is 19.0 Å². The number of likely N-dealkylation sites (tertiary alicyclic amines) is 1. The average Bonchev–Trinajstić information content (AvgIpc) is 3.41. The molecule has 2 saturated heterocycles. The largest absolute Gasteiger partial charge is 0.463 e. The van der Waals surface area contributed by atoms with Gasteiger partial charge in [-0.2, -0.15) is 5.10 Å². The van der Waals surface area contributed by atoms with Crippen LogP contribution in [0.15, 0.2) is 17.4 Å². The quantitative estimate of drug-likeness (QED) is 0.344. The molecule has 11 nitrogen and oxygen atoms in total. The molecule has 1 aromatic rings. The zero-order valence-electron chi connectivity index (χ0n) is 18.8. The van der Waals surface area contributed by atoms with Crippen LogP contribution in [0, 0.1) is 5.92 Å². The van der Waals surface area contributed by atoms with E-state index in [0.717, 1.165) is 6.42 Å². The number of aromatic nitrogens is 2. The van der Waals surface area contributed by atoms with Crippen LogP contribution < -0.4 is 0 Å². The Bertz CT molecular complexity index is 817. The second kappa shape index (κ2) is 11.0. The molecular weight excluding hydrogens is 418 g/mol. The van der Waals surface area contributed by atoms with Gasteiger partial charge in [0.15, 0.2) is 5.71 Å². The Morgan fingerprint density at radius 2 is 2.09 bits per heavy atom. The number of piperidine rings is 1. The highest BCUT2D eigenvalue weighted by atomic mass is 16.7. The Kier molecular flexibility index (Phi) is 8.07. The minimum absolute atomic E-state index is 0.0310. The van der Waals surface area contributed by atoms with Crippen LogP contribution in [0.25, 0.3) is 0 Å². The molecule has 2 fully saturated rings. The lowest BCUT2D eigenvalue weighted by Crippen LogP contribution is -2.51. The standard InChI is InChI=1S/C21H31N5O6/c1-4-30-18(27)13-32-24-19(17-5-8-22-23-17)20(28)25-9-6-15(7-10-25)26-16(11-14(2)3)12-31-21(26)29/h5,8,14-16H,4,6-7,9-13H2,1-3H3,(H,22,23)/b24-19+. The molecule has 2 aliphatic rings. The first-order valence-electron chi connectivity index (χ1n) is 11.0. The van der Waals surface area contributed by atoms with Crippen molar-refractivity contribution in [2.45, 2.75) is 52.1 Å². The van der Waals surface area contributed by atoms with Crippen LogP contribution in [0.2, 0.25) is 0 Å². The lowest BCUT2D eigenvalue weighted by atomic mass is 9.98. The SMILES string of the molecule is CCOC(=O)CO/N=C(/C(=O)N1CCC(N2C(=O)OCC2CC(C)C)CC1)c1ccn[nH]1. The van der Waals surface area contributed by atoms with Crippen molar-refractivity contribution < 1.29 is 28.7 Å². The average molecular weight is 450 g/mol. The van der Waals surface area contributed by atoms with Gasteiger partial charge in [-0.25, -0.2) is 9.59 Å². The monoisotopic (exact) mass is 449 g/mol. The van der Waals surface area contributed by atoms with Crippen LogP contribution in [0.5, 0.6) is 0 Å². The van der Waals surface area contributed by atoms with Crippen molar-refractivity contribution in [1.29, 1.82) is 0 Å². The maximum Gasteiger partial charge on any atom is 0.410 e. The van der Waals surface area contributed by atoms with Gasteiger partial charge in [0.05, 0.1) is 18.3 Å². The van der Waals surface area contributed by atoms with Crippen molar-refractivity contribution in [3.63, 3.8) is 0 Å². The summed E-state index contributed by atoms with van der Waals surface area (Å²) in [5, 5.41) is 10.5. The van der Waals surface area contributed by atoms with Gasteiger partial charge in [0.25, 0.3) is 5.91 Å². The summed E-state index contributed by atoms with van der Waals surface area (Å²) >= 11 is 0. The predicted molar refractivity (Wildman–Crippen MR) is 114 cm³/mol. The number of carbonyl (C=O) groups excluding carboxylic acids is 3. The summed E-state index contributed by atoms with van der Waals surface area (Å²) in [6.45, 7) is 7.14. The molecule has 0 aliphatic carbocycles. The van der Waals surface area contributed by atoms with Crippen molar-refractivity contribution in [2.24, 2.45) is 11.1 Å². The third-order valence-electron chi connectivity index (χ3n) is 5.49. The first kappa shape index (κ1) is 23.6. The molecule has 1 aromatic heterocycles. The molecule has 1 atom stereocenters. The van der Waals surface area contributed by atoms with Gasteiger partial charge >= 0.3 is 12.1 Å². The van der Waals surface area contributed by atoms with Gasteiger partial charge in [-0.3, -0.25) is 14.8 Å². The number of carbonyl (C=O) groups is 3. The Morgan fingerprint density at radius 3 is 2.72 bits per heavy atom. The zero-order valence-corrected chi connectivity index (χ0v) is 18.8. The van der Waals surface area contributed by atoms with Gasteiger partial charge in [0, 0.05) is 25.3 Å². The van der Waals surface area contributed by atoms with Crippen LogP contribution in [0.1, 0.15) is 45.7 Å². The fraction of sp³-hybridized carbons (Fsp3) is 0.667. The minimum Gasteiger partial charge on any atom is -0.463 e. The fourth-order valence-electron chi connectivity index (χ4n) is 4.08. The topological polar surface area (TPSA) is 126 Å².